The van der Waals surface area contributed by atoms with Gasteiger partial charge in [-0.05, 0) is 25.2 Å². The van der Waals surface area contributed by atoms with E-state index in [0.717, 1.165) is 23.8 Å². The molecule has 2 rings (SSSR count). The van der Waals surface area contributed by atoms with Crippen LogP contribution < -0.4 is 5.32 Å². The average molecular weight is 187 g/mol. The van der Waals surface area contributed by atoms with E-state index in [-0.39, 0.29) is 0 Å². The summed E-state index contributed by atoms with van der Waals surface area (Å²) >= 11 is 0. The maximum Gasteiger partial charge on any atom is 0.0392 e. The Morgan fingerprint density at radius 3 is 2.75 bits per heavy atom. The molecule has 12 heavy (non-hydrogen) atoms. The molecule has 1 heterocycles. The summed E-state index contributed by atoms with van der Waals surface area (Å²) < 4.78 is 11.4. The first-order chi connectivity index (χ1) is 5.79. The molecule has 0 bridgehead atoms. The van der Waals surface area contributed by atoms with Gasteiger partial charge in [0, 0.05) is 34.4 Å². The smallest absolute Gasteiger partial charge is 0.0392 e. The SMILES string of the molecule is CCC1CS(=O)CC(C2CC2)N1. The molecule has 0 aromatic rings. The van der Waals surface area contributed by atoms with Gasteiger partial charge < -0.3 is 5.32 Å². The molecule has 2 fully saturated rings. The van der Waals surface area contributed by atoms with Gasteiger partial charge in [-0.15, -0.1) is 0 Å². The van der Waals surface area contributed by atoms with E-state index in [0.29, 0.717) is 12.1 Å². The monoisotopic (exact) mass is 187 g/mol. The standard InChI is InChI=1S/C9H17NOS/c1-2-8-5-12(11)6-9(10-8)7-3-4-7/h7-10H,2-6H2,1H3. The topological polar surface area (TPSA) is 29.1 Å². The summed E-state index contributed by atoms with van der Waals surface area (Å²) in [5.41, 5.74) is 0. The van der Waals surface area contributed by atoms with E-state index in [1.54, 1.807) is 0 Å². The van der Waals surface area contributed by atoms with E-state index in [9.17, 15) is 4.21 Å². The minimum atomic E-state index is -0.543. The van der Waals surface area contributed by atoms with Crippen LogP contribution in [0, 0.1) is 5.92 Å². The molecular formula is C9H17NOS. The summed E-state index contributed by atoms with van der Waals surface area (Å²) in [4.78, 5) is 0. The molecule has 1 saturated heterocycles. The molecule has 0 radical (unpaired) electrons. The average Bonchev–Trinajstić information content (AvgIpc) is 2.85. The van der Waals surface area contributed by atoms with Gasteiger partial charge in [-0.2, -0.15) is 0 Å². The highest BCUT2D eigenvalue weighted by Crippen LogP contribution is 2.34. The van der Waals surface area contributed by atoms with Crippen molar-refractivity contribution in [3.8, 4) is 0 Å². The van der Waals surface area contributed by atoms with Gasteiger partial charge in [0.2, 0.25) is 0 Å². The Labute approximate surface area is 76.6 Å². The number of hydrogen-bond acceptors (Lipinski definition) is 2. The summed E-state index contributed by atoms with van der Waals surface area (Å²) in [5.74, 6) is 2.63. The minimum Gasteiger partial charge on any atom is -0.309 e. The summed E-state index contributed by atoms with van der Waals surface area (Å²) in [6.07, 6.45) is 3.82. The lowest BCUT2D eigenvalue weighted by Crippen LogP contribution is -2.50. The van der Waals surface area contributed by atoms with Crippen LogP contribution in [0.25, 0.3) is 0 Å². The van der Waals surface area contributed by atoms with Crippen molar-refractivity contribution in [1.82, 2.24) is 5.32 Å². The van der Waals surface area contributed by atoms with Gasteiger partial charge >= 0.3 is 0 Å². The predicted molar refractivity (Wildman–Crippen MR) is 51.6 cm³/mol. The second-order valence-corrected chi connectivity index (χ2v) is 5.54. The summed E-state index contributed by atoms with van der Waals surface area (Å²) in [6, 6.07) is 1.09. The molecule has 3 heteroatoms. The highest BCUT2D eigenvalue weighted by atomic mass is 32.2. The van der Waals surface area contributed by atoms with Gasteiger partial charge in [0.25, 0.3) is 0 Å². The fourth-order valence-corrected chi connectivity index (χ4v) is 3.58. The van der Waals surface area contributed by atoms with Crippen molar-refractivity contribution in [1.29, 1.82) is 0 Å². The third kappa shape index (κ3) is 1.88. The molecule has 0 amide bonds. The molecule has 3 unspecified atom stereocenters. The molecule has 2 aliphatic rings. The Kier molecular flexibility index (Phi) is 2.51. The molecule has 1 aliphatic carbocycles. The Hall–Kier alpha value is 0.110. The molecule has 1 N–H and O–H groups in total. The van der Waals surface area contributed by atoms with E-state index >= 15 is 0 Å². The molecule has 0 aromatic carbocycles. The van der Waals surface area contributed by atoms with Crippen molar-refractivity contribution in [2.75, 3.05) is 11.5 Å². The van der Waals surface area contributed by atoms with Gasteiger partial charge in [0.05, 0.1) is 0 Å². The predicted octanol–water partition coefficient (Wildman–Crippen LogP) is 0.895. The highest BCUT2D eigenvalue weighted by molar-refractivity contribution is 7.85. The zero-order valence-electron chi connectivity index (χ0n) is 7.58. The summed E-state index contributed by atoms with van der Waals surface area (Å²) in [6.45, 7) is 2.17. The van der Waals surface area contributed by atoms with E-state index in [1.165, 1.54) is 12.8 Å². The van der Waals surface area contributed by atoms with E-state index in [4.69, 9.17) is 0 Å². The van der Waals surface area contributed by atoms with Gasteiger partial charge in [-0.3, -0.25) is 4.21 Å². The number of hydrogen-bond donors (Lipinski definition) is 1. The molecule has 1 aliphatic heterocycles. The lowest BCUT2D eigenvalue weighted by molar-refractivity contribution is 0.414. The zero-order chi connectivity index (χ0) is 8.55. The first-order valence-electron chi connectivity index (χ1n) is 4.90. The highest BCUT2D eigenvalue weighted by Gasteiger charge is 2.36. The van der Waals surface area contributed by atoms with Crippen LogP contribution in [0.1, 0.15) is 26.2 Å². The lowest BCUT2D eigenvalue weighted by Gasteiger charge is -2.29. The second-order valence-electron chi connectivity index (χ2n) is 3.99. The van der Waals surface area contributed by atoms with Crippen LogP contribution in [0.15, 0.2) is 0 Å². The maximum atomic E-state index is 11.4. The van der Waals surface area contributed by atoms with Crippen molar-refractivity contribution in [3.63, 3.8) is 0 Å². The van der Waals surface area contributed by atoms with Crippen LogP contribution in [0.4, 0.5) is 0 Å². The van der Waals surface area contributed by atoms with Gasteiger partial charge in [0.15, 0.2) is 0 Å². The molecular weight excluding hydrogens is 170 g/mol. The third-order valence-electron chi connectivity index (χ3n) is 2.89. The first-order valence-corrected chi connectivity index (χ1v) is 6.39. The molecule has 1 saturated carbocycles. The quantitative estimate of drug-likeness (QED) is 0.696. The molecule has 2 nitrogen and oxygen atoms in total. The van der Waals surface area contributed by atoms with Crippen molar-refractivity contribution in [3.05, 3.63) is 0 Å². The third-order valence-corrected chi connectivity index (χ3v) is 4.39. The molecule has 3 atom stereocenters. The fraction of sp³-hybridized carbons (Fsp3) is 1.00. The normalized spacial score (nSPS) is 42.9. The second kappa shape index (κ2) is 3.46. The Bertz CT molecular complexity index is 191. The van der Waals surface area contributed by atoms with Crippen LogP contribution in [-0.4, -0.2) is 27.8 Å². The Morgan fingerprint density at radius 2 is 2.17 bits per heavy atom. The maximum absolute atomic E-state index is 11.4. The van der Waals surface area contributed by atoms with Gasteiger partial charge in [-0.25, -0.2) is 0 Å². The molecule has 0 aromatic heterocycles. The molecule has 70 valence electrons. The van der Waals surface area contributed by atoms with Crippen LogP contribution in [-0.2, 0) is 10.8 Å². The van der Waals surface area contributed by atoms with E-state index in [1.807, 2.05) is 0 Å². The molecule has 0 spiro atoms. The lowest BCUT2D eigenvalue weighted by atomic mass is 10.1. The Balaban J connectivity index is 1.93. The first kappa shape index (κ1) is 8.70. The number of rotatable bonds is 2. The zero-order valence-corrected chi connectivity index (χ0v) is 8.40. The van der Waals surface area contributed by atoms with Gasteiger partial charge in [-0.1, -0.05) is 6.92 Å². The van der Waals surface area contributed by atoms with Crippen LogP contribution in [0.3, 0.4) is 0 Å². The Morgan fingerprint density at radius 1 is 1.42 bits per heavy atom. The fourth-order valence-electron chi connectivity index (χ4n) is 1.90. The summed E-state index contributed by atoms with van der Waals surface area (Å²) in [7, 11) is -0.543. The van der Waals surface area contributed by atoms with Gasteiger partial charge in [0.1, 0.15) is 0 Å². The summed E-state index contributed by atoms with van der Waals surface area (Å²) in [5, 5.41) is 3.60. The van der Waals surface area contributed by atoms with Crippen LogP contribution in [0.5, 0.6) is 0 Å². The van der Waals surface area contributed by atoms with E-state index in [2.05, 4.69) is 12.2 Å². The minimum absolute atomic E-state index is 0.519. The number of nitrogens with one attached hydrogen (secondary N) is 1. The van der Waals surface area contributed by atoms with Crippen LogP contribution >= 0.6 is 0 Å². The van der Waals surface area contributed by atoms with Crippen molar-refractivity contribution >= 4 is 10.8 Å². The largest absolute Gasteiger partial charge is 0.309 e. The van der Waals surface area contributed by atoms with Crippen molar-refractivity contribution in [2.45, 2.75) is 38.3 Å². The van der Waals surface area contributed by atoms with Crippen molar-refractivity contribution in [2.24, 2.45) is 5.92 Å². The van der Waals surface area contributed by atoms with Crippen LogP contribution in [0.2, 0.25) is 0 Å². The van der Waals surface area contributed by atoms with Crippen molar-refractivity contribution < 1.29 is 4.21 Å². The van der Waals surface area contributed by atoms with E-state index < -0.39 is 10.8 Å².